The fourth-order valence-electron chi connectivity index (χ4n) is 1.76. The Bertz CT molecular complexity index is 723. The van der Waals surface area contributed by atoms with Crippen LogP contribution in [-0.2, 0) is 7.05 Å². The van der Waals surface area contributed by atoms with Crippen molar-refractivity contribution in [1.29, 1.82) is 0 Å². The van der Waals surface area contributed by atoms with E-state index in [-0.39, 0.29) is 5.56 Å². The number of aromatic amines is 2. The second-order valence-electron chi connectivity index (χ2n) is 3.97. The van der Waals surface area contributed by atoms with E-state index in [9.17, 15) is 4.79 Å². The Hall–Kier alpha value is -2.63. The van der Waals surface area contributed by atoms with Crippen molar-refractivity contribution in [1.82, 2.24) is 24.7 Å². The SMILES string of the molecule is Cn1cc(-c2cc(=O)[nH]c(-c3ccc[nH]3)n2)cn1. The Kier molecular flexibility index (Phi) is 2.33. The summed E-state index contributed by atoms with van der Waals surface area (Å²) >= 11 is 0. The van der Waals surface area contributed by atoms with Crippen LogP contribution in [0.3, 0.4) is 0 Å². The van der Waals surface area contributed by atoms with Gasteiger partial charge in [-0.3, -0.25) is 9.48 Å². The lowest BCUT2D eigenvalue weighted by molar-refractivity contribution is 0.768. The van der Waals surface area contributed by atoms with E-state index < -0.39 is 0 Å². The van der Waals surface area contributed by atoms with E-state index in [1.807, 2.05) is 25.4 Å². The molecule has 18 heavy (non-hydrogen) atoms. The molecule has 2 N–H and O–H groups in total. The molecule has 3 rings (SSSR count). The minimum atomic E-state index is -0.187. The van der Waals surface area contributed by atoms with Gasteiger partial charge in [0, 0.05) is 31.1 Å². The monoisotopic (exact) mass is 241 g/mol. The fraction of sp³-hybridized carbons (Fsp3) is 0.0833. The Morgan fingerprint density at radius 1 is 1.39 bits per heavy atom. The van der Waals surface area contributed by atoms with Crippen molar-refractivity contribution >= 4 is 0 Å². The second kappa shape index (κ2) is 3.99. The molecular weight excluding hydrogens is 230 g/mol. The summed E-state index contributed by atoms with van der Waals surface area (Å²) in [6.07, 6.45) is 5.28. The smallest absolute Gasteiger partial charge is 0.251 e. The van der Waals surface area contributed by atoms with Crippen molar-refractivity contribution in [2.75, 3.05) is 0 Å². The number of hydrogen-bond donors (Lipinski definition) is 2. The van der Waals surface area contributed by atoms with Gasteiger partial charge >= 0.3 is 0 Å². The zero-order chi connectivity index (χ0) is 12.5. The Morgan fingerprint density at radius 2 is 2.28 bits per heavy atom. The third-order valence-corrected chi connectivity index (χ3v) is 2.60. The van der Waals surface area contributed by atoms with E-state index in [4.69, 9.17) is 0 Å². The molecule has 0 saturated carbocycles. The normalized spacial score (nSPS) is 10.7. The van der Waals surface area contributed by atoms with Gasteiger partial charge in [-0.05, 0) is 12.1 Å². The first-order chi connectivity index (χ1) is 8.72. The summed E-state index contributed by atoms with van der Waals surface area (Å²) in [6, 6.07) is 5.17. The average Bonchev–Trinajstić information content (AvgIpc) is 2.98. The Labute approximate surface area is 102 Å². The molecule has 0 aliphatic heterocycles. The van der Waals surface area contributed by atoms with Crippen molar-refractivity contribution < 1.29 is 0 Å². The van der Waals surface area contributed by atoms with Gasteiger partial charge in [0.15, 0.2) is 5.82 Å². The summed E-state index contributed by atoms with van der Waals surface area (Å²) < 4.78 is 1.67. The number of aryl methyl sites for hydroxylation is 1. The number of nitrogens with one attached hydrogen (secondary N) is 2. The standard InChI is InChI=1S/C12H11N5O/c1-17-7-8(6-14-17)10-5-11(18)16-12(15-10)9-3-2-4-13-9/h2-7,13H,1H3,(H,15,16,18). The third kappa shape index (κ3) is 1.84. The molecule has 0 unspecified atom stereocenters. The summed E-state index contributed by atoms with van der Waals surface area (Å²) in [5.74, 6) is 0.520. The van der Waals surface area contributed by atoms with Gasteiger partial charge in [0.25, 0.3) is 5.56 Å². The lowest BCUT2D eigenvalue weighted by Gasteiger charge is -2.00. The lowest BCUT2D eigenvalue weighted by Crippen LogP contribution is -2.08. The molecule has 3 aromatic rings. The highest BCUT2D eigenvalue weighted by Gasteiger charge is 2.07. The highest BCUT2D eigenvalue weighted by Crippen LogP contribution is 2.17. The van der Waals surface area contributed by atoms with Gasteiger partial charge in [-0.25, -0.2) is 4.98 Å². The van der Waals surface area contributed by atoms with Crippen LogP contribution in [-0.4, -0.2) is 24.7 Å². The van der Waals surface area contributed by atoms with Crippen LogP contribution in [0.4, 0.5) is 0 Å². The number of nitrogens with zero attached hydrogens (tertiary/aromatic N) is 3. The lowest BCUT2D eigenvalue weighted by atomic mass is 10.2. The highest BCUT2D eigenvalue weighted by molar-refractivity contribution is 5.60. The minimum Gasteiger partial charge on any atom is -0.359 e. The molecule has 3 aromatic heterocycles. The van der Waals surface area contributed by atoms with Crippen LogP contribution < -0.4 is 5.56 Å². The van der Waals surface area contributed by atoms with Crippen molar-refractivity contribution in [3.63, 3.8) is 0 Å². The quantitative estimate of drug-likeness (QED) is 0.706. The van der Waals surface area contributed by atoms with E-state index in [0.717, 1.165) is 11.3 Å². The van der Waals surface area contributed by atoms with Crippen LogP contribution in [0.25, 0.3) is 22.8 Å². The first-order valence-corrected chi connectivity index (χ1v) is 5.46. The maximum atomic E-state index is 11.6. The Balaban J connectivity index is 2.15. The van der Waals surface area contributed by atoms with Gasteiger partial charge in [-0.2, -0.15) is 5.10 Å². The van der Waals surface area contributed by atoms with Crippen molar-refractivity contribution in [2.24, 2.45) is 7.05 Å². The molecule has 0 aromatic carbocycles. The van der Waals surface area contributed by atoms with Gasteiger partial charge in [-0.15, -0.1) is 0 Å². The first kappa shape index (κ1) is 10.5. The maximum absolute atomic E-state index is 11.6. The topological polar surface area (TPSA) is 79.4 Å². The van der Waals surface area contributed by atoms with Crippen LogP contribution in [0.5, 0.6) is 0 Å². The van der Waals surface area contributed by atoms with E-state index in [2.05, 4.69) is 20.1 Å². The van der Waals surface area contributed by atoms with Gasteiger partial charge in [0.1, 0.15) is 0 Å². The molecule has 0 amide bonds. The van der Waals surface area contributed by atoms with Gasteiger partial charge in [0.2, 0.25) is 0 Å². The predicted octanol–water partition coefficient (Wildman–Crippen LogP) is 1.17. The molecule has 0 fully saturated rings. The Morgan fingerprint density at radius 3 is 2.94 bits per heavy atom. The predicted molar refractivity (Wildman–Crippen MR) is 66.8 cm³/mol. The van der Waals surface area contributed by atoms with Crippen LogP contribution in [0.2, 0.25) is 0 Å². The minimum absolute atomic E-state index is 0.187. The van der Waals surface area contributed by atoms with Crippen LogP contribution >= 0.6 is 0 Å². The second-order valence-corrected chi connectivity index (χ2v) is 3.97. The first-order valence-electron chi connectivity index (χ1n) is 5.46. The van der Waals surface area contributed by atoms with Crippen LogP contribution in [0.15, 0.2) is 41.6 Å². The molecule has 6 nitrogen and oxygen atoms in total. The highest BCUT2D eigenvalue weighted by atomic mass is 16.1. The van der Waals surface area contributed by atoms with Crippen LogP contribution in [0, 0.1) is 0 Å². The molecule has 6 heteroatoms. The summed E-state index contributed by atoms with van der Waals surface area (Å²) in [6.45, 7) is 0. The summed E-state index contributed by atoms with van der Waals surface area (Å²) in [5.41, 5.74) is 2.01. The molecule has 0 atom stereocenters. The zero-order valence-electron chi connectivity index (χ0n) is 9.71. The van der Waals surface area contributed by atoms with E-state index in [0.29, 0.717) is 11.5 Å². The molecule has 0 spiro atoms. The number of aromatic nitrogens is 5. The summed E-state index contributed by atoms with van der Waals surface area (Å²) in [5, 5.41) is 4.07. The number of H-pyrrole nitrogens is 2. The maximum Gasteiger partial charge on any atom is 0.251 e. The largest absolute Gasteiger partial charge is 0.359 e. The molecule has 0 saturated heterocycles. The number of hydrogen-bond acceptors (Lipinski definition) is 3. The molecule has 0 bridgehead atoms. The van der Waals surface area contributed by atoms with E-state index >= 15 is 0 Å². The molecule has 0 aliphatic rings. The van der Waals surface area contributed by atoms with E-state index in [1.165, 1.54) is 6.07 Å². The van der Waals surface area contributed by atoms with Crippen molar-refractivity contribution in [3.8, 4) is 22.8 Å². The van der Waals surface area contributed by atoms with Gasteiger partial charge < -0.3 is 9.97 Å². The molecule has 0 aliphatic carbocycles. The van der Waals surface area contributed by atoms with Crippen molar-refractivity contribution in [2.45, 2.75) is 0 Å². The third-order valence-electron chi connectivity index (χ3n) is 2.60. The van der Waals surface area contributed by atoms with Crippen molar-refractivity contribution in [3.05, 3.63) is 47.1 Å². The molecule has 90 valence electrons. The fourth-order valence-corrected chi connectivity index (χ4v) is 1.76. The van der Waals surface area contributed by atoms with E-state index in [1.54, 1.807) is 17.1 Å². The number of rotatable bonds is 2. The summed E-state index contributed by atoms with van der Waals surface area (Å²) in [7, 11) is 1.82. The zero-order valence-corrected chi connectivity index (χ0v) is 9.71. The molecule has 0 radical (unpaired) electrons. The van der Waals surface area contributed by atoms with Gasteiger partial charge in [0.05, 0.1) is 17.6 Å². The molecule has 3 heterocycles. The van der Waals surface area contributed by atoms with Gasteiger partial charge in [-0.1, -0.05) is 0 Å². The summed E-state index contributed by atoms with van der Waals surface area (Å²) in [4.78, 5) is 21.8. The average molecular weight is 241 g/mol. The molecular formula is C12H11N5O. The van der Waals surface area contributed by atoms with Crippen LogP contribution in [0.1, 0.15) is 0 Å².